The highest BCUT2D eigenvalue weighted by Crippen LogP contribution is 2.23. The fraction of sp³-hybridized carbons (Fsp3) is 0.867. The van der Waals surface area contributed by atoms with Gasteiger partial charge in [0.25, 0.3) is 0 Å². The maximum absolute atomic E-state index is 12.6. The largest absolute Gasteiger partial charge is 0.375 e. The molecule has 0 aromatic rings. The molecule has 126 valence electrons. The van der Waals surface area contributed by atoms with Gasteiger partial charge in [-0.3, -0.25) is 9.59 Å². The van der Waals surface area contributed by atoms with E-state index in [4.69, 9.17) is 4.74 Å². The van der Waals surface area contributed by atoms with Gasteiger partial charge in [-0.05, 0) is 26.2 Å². The number of nitrogens with zero attached hydrogens (tertiary/aromatic N) is 2. The third-order valence-corrected chi connectivity index (χ3v) is 4.91. The monoisotopic (exact) mass is 331 g/mol. The molecule has 0 aromatic carbocycles. The molecule has 0 aromatic heterocycles. The molecule has 0 unspecified atom stereocenters. The molecule has 3 aliphatic heterocycles. The maximum Gasteiger partial charge on any atom is 0.242 e. The first-order valence-corrected chi connectivity index (χ1v) is 8.10. The molecule has 22 heavy (non-hydrogen) atoms. The molecule has 3 fully saturated rings. The van der Waals surface area contributed by atoms with Gasteiger partial charge in [0.15, 0.2) is 0 Å². The third-order valence-electron chi connectivity index (χ3n) is 4.91. The minimum Gasteiger partial charge on any atom is -0.375 e. The number of ether oxygens (including phenoxy) is 1. The first-order chi connectivity index (χ1) is 10.2. The number of likely N-dealkylation sites (tertiary alicyclic amines) is 2. The quantitative estimate of drug-likeness (QED) is 0.795. The molecule has 0 aliphatic carbocycles. The summed E-state index contributed by atoms with van der Waals surface area (Å²) in [5, 5.41) is 3.26. The molecule has 3 aliphatic rings. The van der Waals surface area contributed by atoms with E-state index in [0.29, 0.717) is 19.1 Å². The molecule has 2 atom stereocenters. The molecule has 0 spiro atoms. The van der Waals surface area contributed by atoms with Crippen LogP contribution < -0.4 is 5.32 Å². The number of nitrogens with one attached hydrogen (secondary N) is 1. The van der Waals surface area contributed by atoms with Crippen LogP contribution >= 0.6 is 12.4 Å². The van der Waals surface area contributed by atoms with Crippen molar-refractivity contribution in [2.45, 2.75) is 50.8 Å². The molecule has 0 saturated carbocycles. The van der Waals surface area contributed by atoms with Gasteiger partial charge >= 0.3 is 0 Å². The van der Waals surface area contributed by atoms with Crippen molar-refractivity contribution < 1.29 is 14.3 Å². The van der Waals surface area contributed by atoms with Gasteiger partial charge in [0.1, 0.15) is 6.04 Å². The average molecular weight is 332 g/mol. The van der Waals surface area contributed by atoms with Crippen LogP contribution in [0.15, 0.2) is 0 Å². The fourth-order valence-electron chi connectivity index (χ4n) is 3.66. The lowest BCUT2D eigenvalue weighted by Gasteiger charge is -2.39. The van der Waals surface area contributed by atoms with Crippen molar-refractivity contribution in [1.82, 2.24) is 15.1 Å². The van der Waals surface area contributed by atoms with Gasteiger partial charge in [-0.2, -0.15) is 0 Å². The van der Waals surface area contributed by atoms with E-state index in [2.05, 4.69) is 5.32 Å². The number of morpholine rings is 1. The molecule has 1 N–H and O–H groups in total. The van der Waals surface area contributed by atoms with Crippen LogP contribution in [0, 0.1) is 0 Å². The Morgan fingerprint density at radius 3 is 2.59 bits per heavy atom. The second-order valence-corrected chi connectivity index (χ2v) is 6.25. The summed E-state index contributed by atoms with van der Waals surface area (Å²) in [6.07, 6.45) is 3.42. The van der Waals surface area contributed by atoms with Crippen molar-refractivity contribution in [3.05, 3.63) is 0 Å². The van der Waals surface area contributed by atoms with E-state index >= 15 is 0 Å². The summed E-state index contributed by atoms with van der Waals surface area (Å²) in [6, 6.07) is 0.112. The van der Waals surface area contributed by atoms with E-state index in [1.807, 2.05) is 16.7 Å². The Balaban J connectivity index is 0.00000176. The van der Waals surface area contributed by atoms with Crippen LogP contribution in [-0.2, 0) is 14.3 Å². The summed E-state index contributed by atoms with van der Waals surface area (Å²) in [4.78, 5) is 28.3. The second-order valence-electron chi connectivity index (χ2n) is 6.25. The van der Waals surface area contributed by atoms with Crippen LogP contribution in [0.1, 0.15) is 32.6 Å². The minimum atomic E-state index is -0.219. The zero-order valence-corrected chi connectivity index (χ0v) is 13.9. The maximum atomic E-state index is 12.6. The van der Waals surface area contributed by atoms with Crippen LogP contribution in [0.2, 0.25) is 0 Å². The van der Waals surface area contributed by atoms with Crippen molar-refractivity contribution in [2.75, 3.05) is 32.8 Å². The van der Waals surface area contributed by atoms with E-state index < -0.39 is 0 Å². The van der Waals surface area contributed by atoms with Gasteiger partial charge < -0.3 is 19.9 Å². The number of amides is 2. The molecular weight excluding hydrogens is 306 g/mol. The molecule has 0 bridgehead atoms. The summed E-state index contributed by atoms with van der Waals surface area (Å²) >= 11 is 0. The summed E-state index contributed by atoms with van der Waals surface area (Å²) in [6.45, 7) is 5.75. The Morgan fingerprint density at radius 2 is 2.00 bits per heavy atom. The predicted octanol–water partition coefficient (Wildman–Crippen LogP) is 0.399. The molecule has 3 saturated heterocycles. The van der Waals surface area contributed by atoms with Crippen LogP contribution in [0.25, 0.3) is 0 Å². The molecule has 6 nitrogen and oxygen atoms in total. The molecule has 0 radical (unpaired) electrons. The van der Waals surface area contributed by atoms with Crippen molar-refractivity contribution in [1.29, 1.82) is 0 Å². The van der Waals surface area contributed by atoms with E-state index in [1.54, 1.807) is 0 Å². The topological polar surface area (TPSA) is 61.9 Å². The summed E-state index contributed by atoms with van der Waals surface area (Å²) < 4.78 is 5.56. The SMILES string of the molecule is C[C@H]1OCCN[C@@H]1C(=O)N1CCC(N2CCCC2=O)CC1.Cl. The number of halogens is 1. The second kappa shape index (κ2) is 7.62. The molecule has 3 heterocycles. The Bertz CT molecular complexity index is 413. The number of rotatable bonds is 2. The first-order valence-electron chi connectivity index (χ1n) is 8.10. The Hall–Kier alpha value is -0.850. The van der Waals surface area contributed by atoms with Gasteiger partial charge in [0.05, 0.1) is 12.7 Å². The van der Waals surface area contributed by atoms with Crippen LogP contribution in [-0.4, -0.2) is 72.6 Å². The fourth-order valence-corrected chi connectivity index (χ4v) is 3.66. The zero-order valence-electron chi connectivity index (χ0n) is 13.1. The normalized spacial score (nSPS) is 30.3. The number of carbonyl (C=O) groups excluding carboxylic acids is 2. The lowest BCUT2D eigenvalue weighted by atomic mass is 10.0. The van der Waals surface area contributed by atoms with Crippen molar-refractivity contribution in [2.24, 2.45) is 0 Å². The van der Waals surface area contributed by atoms with Gasteiger partial charge in [0, 0.05) is 38.6 Å². The molecule has 2 amide bonds. The highest BCUT2D eigenvalue weighted by atomic mass is 35.5. The number of carbonyl (C=O) groups is 2. The predicted molar refractivity (Wildman–Crippen MR) is 85.0 cm³/mol. The van der Waals surface area contributed by atoms with Crippen molar-refractivity contribution >= 4 is 24.2 Å². The minimum absolute atomic E-state index is 0. The summed E-state index contributed by atoms with van der Waals surface area (Å²) in [5.74, 6) is 0.434. The number of piperidine rings is 1. The van der Waals surface area contributed by atoms with E-state index in [-0.39, 0.29) is 36.4 Å². The lowest BCUT2D eigenvalue weighted by Crippen LogP contribution is -2.58. The standard InChI is InChI=1S/C15H25N3O3.ClH/c1-11-14(16-6-10-21-11)15(20)17-8-4-12(5-9-17)18-7-2-3-13(18)19;/h11-12,14,16H,2-10H2,1H3;1H/t11-,14+;/m1./s1. The Morgan fingerprint density at radius 1 is 1.27 bits per heavy atom. The average Bonchev–Trinajstić information content (AvgIpc) is 2.93. The smallest absolute Gasteiger partial charge is 0.242 e. The molecule has 7 heteroatoms. The van der Waals surface area contributed by atoms with Crippen LogP contribution in [0.5, 0.6) is 0 Å². The lowest BCUT2D eigenvalue weighted by molar-refractivity contribution is -0.141. The van der Waals surface area contributed by atoms with Gasteiger partial charge in [-0.25, -0.2) is 0 Å². The van der Waals surface area contributed by atoms with Crippen molar-refractivity contribution in [3.8, 4) is 0 Å². The highest BCUT2D eigenvalue weighted by molar-refractivity contribution is 5.85. The van der Waals surface area contributed by atoms with E-state index in [0.717, 1.165) is 45.4 Å². The molecular formula is C15H26ClN3O3. The van der Waals surface area contributed by atoms with Gasteiger partial charge in [-0.15, -0.1) is 12.4 Å². The Labute approximate surface area is 137 Å². The first kappa shape index (κ1) is 17.5. The van der Waals surface area contributed by atoms with Gasteiger partial charge in [-0.1, -0.05) is 0 Å². The Kier molecular flexibility index (Phi) is 6.06. The van der Waals surface area contributed by atoms with Crippen LogP contribution in [0.3, 0.4) is 0 Å². The van der Waals surface area contributed by atoms with Crippen molar-refractivity contribution in [3.63, 3.8) is 0 Å². The summed E-state index contributed by atoms with van der Waals surface area (Å²) in [7, 11) is 0. The molecule has 3 rings (SSSR count). The zero-order chi connectivity index (χ0) is 14.8. The third kappa shape index (κ3) is 3.55. The number of hydrogen-bond donors (Lipinski definition) is 1. The van der Waals surface area contributed by atoms with Gasteiger partial charge in [0.2, 0.25) is 11.8 Å². The van der Waals surface area contributed by atoms with E-state index in [1.165, 1.54) is 0 Å². The van der Waals surface area contributed by atoms with Crippen LogP contribution in [0.4, 0.5) is 0 Å². The van der Waals surface area contributed by atoms with E-state index in [9.17, 15) is 9.59 Å². The highest BCUT2D eigenvalue weighted by Gasteiger charge is 2.36. The number of hydrogen-bond acceptors (Lipinski definition) is 4. The summed E-state index contributed by atoms with van der Waals surface area (Å²) in [5.41, 5.74) is 0.